The van der Waals surface area contributed by atoms with Crippen LogP contribution >= 0.6 is 0 Å². The first kappa shape index (κ1) is 6.97. The highest BCUT2D eigenvalue weighted by Gasteiger charge is 2.31. The molecule has 1 heterocycles. The van der Waals surface area contributed by atoms with Crippen LogP contribution in [0, 0.1) is 0 Å². The number of ether oxygens (including phenoxy) is 2. The summed E-state index contributed by atoms with van der Waals surface area (Å²) in [6.07, 6.45) is 8.71. The lowest BCUT2D eigenvalue weighted by atomic mass is 10.00. The second kappa shape index (κ2) is 2.26. The fourth-order valence-corrected chi connectivity index (χ4v) is 1.74. The average molecular weight is 176 g/mol. The molecule has 0 amide bonds. The summed E-state index contributed by atoms with van der Waals surface area (Å²) >= 11 is 0. The van der Waals surface area contributed by atoms with Crippen LogP contribution in [0.3, 0.4) is 0 Å². The van der Waals surface area contributed by atoms with E-state index in [1.807, 2.05) is 18.2 Å². The van der Waals surface area contributed by atoms with Gasteiger partial charge in [-0.05, 0) is 5.57 Å². The molecule has 0 spiro atoms. The highest BCUT2D eigenvalue weighted by Crippen LogP contribution is 2.39. The van der Waals surface area contributed by atoms with Gasteiger partial charge in [0.25, 0.3) is 0 Å². The first-order valence-corrected chi connectivity index (χ1v) is 4.18. The highest BCUT2D eigenvalue weighted by atomic mass is 16.8. The van der Waals surface area contributed by atoms with Gasteiger partial charge in [-0.25, -0.2) is 0 Å². The van der Waals surface area contributed by atoms with E-state index in [2.05, 4.69) is 6.08 Å². The van der Waals surface area contributed by atoms with Gasteiger partial charge in [0.2, 0.25) is 0 Å². The third kappa shape index (κ3) is 0.876. The smallest absolute Gasteiger partial charge is 0.358 e. The van der Waals surface area contributed by atoms with Crippen LogP contribution in [0.15, 0.2) is 47.0 Å². The lowest BCUT2D eigenvalue weighted by molar-refractivity contribution is -0.191. The maximum atomic E-state index is 9.12. The molecule has 1 atom stereocenters. The van der Waals surface area contributed by atoms with Crippen LogP contribution in [0.2, 0.25) is 0 Å². The molecule has 2 aliphatic carbocycles. The summed E-state index contributed by atoms with van der Waals surface area (Å²) in [7, 11) is 0. The summed E-state index contributed by atoms with van der Waals surface area (Å²) in [5, 5.41) is 9.12. The molecule has 0 radical (unpaired) electrons. The van der Waals surface area contributed by atoms with Crippen LogP contribution in [0.5, 0.6) is 0 Å². The summed E-state index contributed by atoms with van der Waals surface area (Å²) in [5.41, 5.74) is 2.16. The van der Waals surface area contributed by atoms with Crippen molar-refractivity contribution in [3.63, 3.8) is 0 Å². The van der Waals surface area contributed by atoms with Crippen LogP contribution < -0.4 is 0 Å². The molecule has 0 aromatic rings. The first-order valence-electron chi connectivity index (χ1n) is 4.18. The molecule has 0 aromatic heterocycles. The SMILES string of the molecule is OC1OC2=C(O1)C1=CC=CC1=CC2. The molecule has 0 fully saturated rings. The zero-order chi connectivity index (χ0) is 8.84. The van der Waals surface area contributed by atoms with Crippen LogP contribution in [-0.4, -0.2) is 11.6 Å². The zero-order valence-electron chi connectivity index (χ0n) is 6.86. The van der Waals surface area contributed by atoms with Crippen LogP contribution in [-0.2, 0) is 9.47 Å². The molecule has 3 nitrogen and oxygen atoms in total. The molecule has 0 saturated carbocycles. The Bertz CT molecular complexity index is 385. The van der Waals surface area contributed by atoms with E-state index in [9.17, 15) is 0 Å². The van der Waals surface area contributed by atoms with Gasteiger partial charge in [-0.15, -0.1) is 0 Å². The summed E-state index contributed by atoms with van der Waals surface area (Å²) in [5.74, 6) is 1.42. The van der Waals surface area contributed by atoms with Crippen molar-refractivity contribution in [1.82, 2.24) is 0 Å². The molecule has 13 heavy (non-hydrogen) atoms. The third-order valence-electron chi connectivity index (χ3n) is 2.32. The highest BCUT2D eigenvalue weighted by molar-refractivity contribution is 5.59. The Hall–Kier alpha value is -1.48. The van der Waals surface area contributed by atoms with Crippen molar-refractivity contribution < 1.29 is 14.6 Å². The molecule has 1 N–H and O–H groups in total. The Morgan fingerprint density at radius 1 is 1.38 bits per heavy atom. The number of rotatable bonds is 0. The van der Waals surface area contributed by atoms with Gasteiger partial charge in [-0.1, -0.05) is 24.3 Å². The van der Waals surface area contributed by atoms with Gasteiger partial charge in [-0.3, -0.25) is 0 Å². The van der Waals surface area contributed by atoms with Gasteiger partial charge in [0, 0.05) is 12.0 Å². The second-order valence-electron chi connectivity index (χ2n) is 3.10. The van der Waals surface area contributed by atoms with Crippen molar-refractivity contribution in [2.45, 2.75) is 12.9 Å². The van der Waals surface area contributed by atoms with Crippen molar-refractivity contribution in [3.05, 3.63) is 47.0 Å². The van der Waals surface area contributed by atoms with E-state index in [1.54, 1.807) is 0 Å². The molecule has 1 aliphatic heterocycles. The van der Waals surface area contributed by atoms with E-state index in [0.717, 1.165) is 16.9 Å². The minimum Gasteiger partial charge on any atom is -0.433 e. The molecule has 0 bridgehead atoms. The minimum atomic E-state index is -1.13. The van der Waals surface area contributed by atoms with Crippen molar-refractivity contribution >= 4 is 0 Å². The largest absolute Gasteiger partial charge is 0.433 e. The Labute approximate surface area is 75.3 Å². The number of fused-ring (bicyclic) bond motifs is 2. The summed E-state index contributed by atoms with van der Waals surface area (Å²) in [6.45, 7) is -1.13. The van der Waals surface area contributed by atoms with Crippen LogP contribution in [0.1, 0.15) is 6.42 Å². The molecule has 0 aromatic carbocycles. The number of allylic oxidation sites excluding steroid dienone is 5. The minimum absolute atomic E-state index is 0.690. The molecule has 1 unspecified atom stereocenters. The van der Waals surface area contributed by atoms with E-state index in [-0.39, 0.29) is 0 Å². The van der Waals surface area contributed by atoms with E-state index in [1.165, 1.54) is 0 Å². The molecule has 66 valence electrons. The van der Waals surface area contributed by atoms with E-state index in [0.29, 0.717) is 12.2 Å². The third-order valence-corrected chi connectivity index (χ3v) is 2.32. The standard InChI is InChI=1S/C10H8O3/c11-10-12-8-5-4-6-2-1-3-7(6)9(8)13-10/h1-4,10-11H,5H2. The quantitative estimate of drug-likeness (QED) is 0.605. The maximum absolute atomic E-state index is 9.12. The Balaban J connectivity index is 2.04. The fraction of sp³-hybridized carbons (Fsp3) is 0.200. The Morgan fingerprint density at radius 2 is 2.31 bits per heavy atom. The van der Waals surface area contributed by atoms with Crippen LogP contribution in [0.25, 0.3) is 0 Å². The second-order valence-corrected chi connectivity index (χ2v) is 3.10. The predicted molar refractivity (Wildman–Crippen MR) is 45.1 cm³/mol. The number of aliphatic hydroxyl groups is 1. The number of aliphatic hydroxyl groups excluding tert-OH is 1. The maximum Gasteiger partial charge on any atom is 0.358 e. The van der Waals surface area contributed by atoms with Gasteiger partial charge < -0.3 is 14.6 Å². The summed E-state index contributed by atoms with van der Waals surface area (Å²) in [4.78, 5) is 0. The fourth-order valence-electron chi connectivity index (χ4n) is 1.74. The monoisotopic (exact) mass is 176 g/mol. The first-order chi connectivity index (χ1) is 6.34. The Kier molecular flexibility index (Phi) is 1.21. The average Bonchev–Trinajstić information content (AvgIpc) is 2.65. The van der Waals surface area contributed by atoms with Gasteiger partial charge in [0.1, 0.15) is 5.76 Å². The van der Waals surface area contributed by atoms with Gasteiger partial charge in [0.15, 0.2) is 5.76 Å². The molecular weight excluding hydrogens is 168 g/mol. The Morgan fingerprint density at radius 3 is 3.23 bits per heavy atom. The van der Waals surface area contributed by atoms with Gasteiger partial charge >= 0.3 is 6.48 Å². The van der Waals surface area contributed by atoms with Crippen molar-refractivity contribution in [1.29, 1.82) is 0 Å². The predicted octanol–water partition coefficient (Wildman–Crippen LogP) is 1.35. The van der Waals surface area contributed by atoms with Crippen molar-refractivity contribution in [2.24, 2.45) is 0 Å². The topological polar surface area (TPSA) is 38.7 Å². The lowest BCUT2D eigenvalue weighted by Gasteiger charge is -2.10. The van der Waals surface area contributed by atoms with E-state index < -0.39 is 6.48 Å². The zero-order valence-corrected chi connectivity index (χ0v) is 6.86. The van der Waals surface area contributed by atoms with E-state index in [4.69, 9.17) is 14.6 Å². The van der Waals surface area contributed by atoms with Gasteiger partial charge in [0.05, 0.1) is 0 Å². The van der Waals surface area contributed by atoms with Crippen LogP contribution in [0.4, 0.5) is 0 Å². The lowest BCUT2D eigenvalue weighted by Crippen LogP contribution is -2.06. The van der Waals surface area contributed by atoms with Gasteiger partial charge in [-0.2, -0.15) is 0 Å². The molecule has 3 rings (SSSR count). The summed E-state index contributed by atoms with van der Waals surface area (Å²) < 4.78 is 10.2. The summed E-state index contributed by atoms with van der Waals surface area (Å²) in [6, 6.07) is 0. The molecule has 0 saturated heterocycles. The van der Waals surface area contributed by atoms with Crippen molar-refractivity contribution in [3.8, 4) is 0 Å². The van der Waals surface area contributed by atoms with Crippen molar-refractivity contribution in [2.75, 3.05) is 0 Å². The molecule has 3 heteroatoms. The van der Waals surface area contributed by atoms with E-state index >= 15 is 0 Å². The normalized spacial score (nSPS) is 28.8. The molecule has 3 aliphatic rings. The number of hydrogen-bond donors (Lipinski definition) is 1. The number of hydrogen-bond acceptors (Lipinski definition) is 3. The molecular formula is C10H8O3.